The number of ether oxygens (including phenoxy) is 1. The number of nitrogens with one attached hydrogen (secondary N) is 1. The number of aromatic nitrogens is 1. The van der Waals surface area contributed by atoms with Crippen molar-refractivity contribution < 1.29 is 22.7 Å². The zero-order chi connectivity index (χ0) is 19.9. The molecule has 2 aliphatic rings. The number of hydrogen-bond acceptors (Lipinski definition) is 6. The number of carbonyl (C=O) groups excluding carboxylic acids is 1. The van der Waals surface area contributed by atoms with Gasteiger partial charge in [-0.3, -0.25) is 9.69 Å². The summed E-state index contributed by atoms with van der Waals surface area (Å²) in [5.74, 6) is -0.167. The molecule has 2 unspecified atom stereocenters. The summed E-state index contributed by atoms with van der Waals surface area (Å²) in [6, 6.07) is 5.58. The minimum absolute atomic E-state index is 0.167. The maximum Gasteiger partial charge on any atom is 0.416 e. The molecule has 2 atom stereocenters. The zero-order valence-corrected chi connectivity index (χ0v) is 15.9. The molecule has 0 aliphatic carbocycles. The van der Waals surface area contributed by atoms with Crippen LogP contribution in [-0.4, -0.2) is 55.2 Å². The Hall–Kier alpha value is -2.17. The van der Waals surface area contributed by atoms with Crippen LogP contribution in [0.25, 0.3) is 0 Å². The summed E-state index contributed by atoms with van der Waals surface area (Å²) in [6.07, 6.45) is -3.72. The van der Waals surface area contributed by atoms with E-state index in [-0.39, 0.29) is 17.7 Å². The third-order valence-corrected chi connectivity index (χ3v) is 5.99. The molecule has 3 heterocycles. The van der Waals surface area contributed by atoms with Crippen molar-refractivity contribution in [2.45, 2.75) is 18.5 Å². The number of benzene rings is 1. The highest BCUT2D eigenvalue weighted by Crippen LogP contribution is 2.46. The van der Waals surface area contributed by atoms with Crippen LogP contribution in [0.15, 0.2) is 30.5 Å². The van der Waals surface area contributed by atoms with E-state index in [1.54, 1.807) is 19.3 Å². The average Bonchev–Trinajstić information content (AvgIpc) is 3.34. The third kappa shape index (κ3) is 3.71. The van der Waals surface area contributed by atoms with Gasteiger partial charge in [0.05, 0.1) is 11.8 Å². The van der Waals surface area contributed by atoms with Crippen molar-refractivity contribution in [3.05, 3.63) is 46.5 Å². The van der Waals surface area contributed by atoms with Gasteiger partial charge in [-0.25, -0.2) is 4.98 Å². The molecule has 0 saturated carbocycles. The molecule has 0 bridgehead atoms. The molecule has 1 N–H and O–H groups in total. The third-order valence-electron chi connectivity index (χ3n) is 4.93. The van der Waals surface area contributed by atoms with Gasteiger partial charge in [-0.1, -0.05) is 29.5 Å². The molecule has 0 spiro atoms. The number of thiazole rings is 1. The number of hydrogen-bond donors (Lipinski definition) is 1. The van der Waals surface area contributed by atoms with E-state index < -0.39 is 17.8 Å². The fourth-order valence-electron chi connectivity index (χ4n) is 3.42. The predicted molar refractivity (Wildman–Crippen MR) is 98.3 cm³/mol. The highest BCUT2D eigenvalue weighted by Gasteiger charge is 2.49. The number of epoxide rings is 1. The quantitative estimate of drug-likeness (QED) is 0.783. The Kier molecular flexibility index (Phi) is 5.02. The van der Waals surface area contributed by atoms with E-state index in [9.17, 15) is 18.0 Å². The van der Waals surface area contributed by atoms with E-state index in [0.29, 0.717) is 31.1 Å². The van der Waals surface area contributed by atoms with Crippen LogP contribution in [0.3, 0.4) is 0 Å². The highest BCUT2D eigenvalue weighted by atomic mass is 32.1. The largest absolute Gasteiger partial charge is 0.416 e. The number of rotatable bonds is 4. The van der Waals surface area contributed by atoms with Crippen molar-refractivity contribution in [1.29, 1.82) is 0 Å². The first-order valence-corrected chi connectivity index (χ1v) is 9.68. The van der Waals surface area contributed by atoms with Crippen LogP contribution in [0.1, 0.15) is 26.9 Å². The molecule has 150 valence electrons. The predicted octanol–water partition coefficient (Wildman–Crippen LogP) is 2.74. The maximum atomic E-state index is 13.2. The lowest BCUT2D eigenvalue weighted by Crippen LogP contribution is -2.47. The van der Waals surface area contributed by atoms with Crippen LogP contribution in [0, 0.1) is 0 Å². The lowest BCUT2D eigenvalue weighted by atomic mass is 10.0. The number of carbonyl (C=O) groups is 1. The van der Waals surface area contributed by atoms with Crippen LogP contribution >= 0.6 is 11.3 Å². The van der Waals surface area contributed by atoms with Gasteiger partial charge in [-0.05, 0) is 11.6 Å². The lowest BCUT2D eigenvalue weighted by molar-refractivity contribution is -0.138. The van der Waals surface area contributed by atoms with Crippen molar-refractivity contribution in [2.75, 3.05) is 38.1 Å². The molecule has 2 aliphatic heterocycles. The fourth-order valence-corrected chi connectivity index (χ4v) is 4.33. The summed E-state index contributed by atoms with van der Waals surface area (Å²) in [5.41, 5.74) is -0.441. The summed E-state index contributed by atoms with van der Waals surface area (Å²) in [6.45, 7) is 2.66. The van der Waals surface area contributed by atoms with E-state index in [1.165, 1.54) is 23.5 Å². The Morgan fingerprint density at radius 3 is 2.64 bits per heavy atom. The molecule has 10 heteroatoms. The van der Waals surface area contributed by atoms with E-state index in [0.717, 1.165) is 11.2 Å². The van der Waals surface area contributed by atoms with Crippen LogP contribution < -0.4 is 10.2 Å². The second kappa shape index (κ2) is 7.34. The Balaban J connectivity index is 1.37. The van der Waals surface area contributed by atoms with Crippen molar-refractivity contribution >= 4 is 22.4 Å². The maximum absolute atomic E-state index is 13.2. The van der Waals surface area contributed by atoms with E-state index in [2.05, 4.69) is 20.1 Å². The zero-order valence-electron chi connectivity index (χ0n) is 15.1. The molecule has 1 aromatic carbocycles. The second-order valence-electron chi connectivity index (χ2n) is 6.64. The van der Waals surface area contributed by atoms with Crippen molar-refractivity contribution in [3.8, 4) is 0 Å². The summed E-state index contributed by atoms with van der Waals surface area (Å²) in [7, 11) is 1.57. The first-order chi connectivity index (χ1) is 13.4. The summed E-state index contributed by atoms with van der Waals surface area (Å²) < 4.78 is 45.3. The Bertz CT molecular complexity index is 865. The van der Waals surface area contributed by atoms with Gasteiger partial charge in [0.25, 0.3) is 5.91 Å². The number of alkyl halides is 3. The number of halogens is 3. The second-order valence-corrected chi connectivity index (χ2v) is 7.65. The average molecular weight is 412 g/mol. The van der Waals surface area contributed by atoms with Crippen LogP contribution in [0.4, 0.5) is 18.3 Å². The molecule has 28 heavy (non-hydrogen) atoms. The Morgan fingerprint density at radius 1 is 1.25 bits per heavy atom. The van der Waals surface area contributed by atoms with Gasteiger partial charge in [-0.15, -0.1) is 0 Å². The summed E-state index contributed by atoms with van der Waals surface area (Å²) in [4.78, 5) is 20.7. The number of amides is 1. The lowest BCUT2D eigenvalue weighted by Gasteiger charge is -2.33. The minimum Gasteiger partial charge on any atom is -0.354 e. The highest BCUT2D eigenvalue weighted by molar-refractivity contribution is 7.17. The Labute approximate surface area is 163 Å². The standard InChI is InChI=1S/C18H19F3N4O2S/c1-22-15(26)13-10-23-17(28-13)25-8-6-24(7-9-25)16-14(27-16)11-4-2-3-5-12(11)18(19,20)21/h2-5,10,14,16H,6-9H2,1H3,(H,22,26). The Morgan fingerprint density at radius 2 is 1.96 bits per heavy atom. The number of nitrogens with zero attached hydrogens (tertiary/aromatic N) is 3. The fraction of sp³-hybridized carbons (Fsp3) is 0.444. The van der Waals surface area contributed by atoms with Crippen molar-refractivity contribution in [1.82, 2.24) is 15.2 Å². The van der Waals surface area contributed by atoms with E-state index >= 15 is 0 Å². The summed E-state index contributed by atoms with van der Waals surface area (Å²) in [5, 5.41) is 3.34. The van der Waals surface area contributed by atoms with Crippen LogP contribution in [-0.2, 0) is 10.9 Å². The van der Waals surface area contributed by atoms with Gasteiger partial charge < -0.3 is 15.0 Å². The number of anilines is 1. The van der Waals surface area contributed by atoms with Crippen molar-refractivity contribution in [2.24, 2.45) is 0 Å². The first kappa shape index (κ1) is 19.2. The smallest absolute Gasteiger partial charge is 0.354 e. The van der Waals surface area contributed by atoms with Gasteiger partial charge in [0.1, 0.15) is 17.2 Å². The van der Waals surface area contributed by atoms with Crippen LogP contribution in [0.5, 0.6) is 0 Å². The van der Waals surface area contributed by atoms with E-state index in [1.807, 2.05) is 0 Å². The monoisotopic (exact) mass is 412 g/mol. The molecule has 1 amide bonds. The minimum atomic E-state index is -4.39. The molecular weight excluding hydrogens is 393 g/mol. The van der Waals surface area contributed by atoms with E-state index in [4.69, 9.17) is 4.74 Å². The van der Waals surface area contributed by atoms with Crippen LogP contribution in [0.2, 0.25) is 0 Å². The van der Waals surface area contributed by atoms with Gasteiger partial charge in [0, 0.05) is 33.2 Å². The van der Waals surface area contributed by atoms with Gasteiger partial charge in [-0.2, -0.15) is 13.2 Å². The van der Waals surface area contributed by atoms with Gasteiger partial charge >= 0.3 is 6.18 Å². The van der Waals surface area contributed by atoms with Crippen molar-refractivity contribution in [3.63, 3.8) is 0 Å². The molecule has 2 aromatic rings. The SMILES string of the molecule is CNC(=O)c1cnc(N2CCN(C3OC3c3ccccc3C(F)(F)F)CC2)s1. The van der Waals surface area contributed by atoms with Gasteiger partial charge in [0.15, 0.2) is 5.13 Å². The normalized spacial score (nSPS) is 22.9. The molecule has 4 rings (SSSR count). The topological polar surface area (TPSA) is 61.0 Å². The first-order valence-electron chi connectivity index (χ1n) is 8.87. The number of piperazine rings is 1. The molecular formula is C18H19F3N4O2S. The van der Waals surface area contributed by atoms with Gasteiger partial charge in [0.2, 0.25) is 0 Å². The molecule has 6 nitrogen and oxygen atoms in total. The molecule has 1 aromatic heterocycles. The molecule has 0 radical (unpaired) electrons. The summed E-state index contributed by atoms with van der Waals surface area (Å²) >= 11 is 1.33. The molecule has 2 fully saturated rings. The molecule has 2 saturated heterocycles.